The van der Waals surface area contributed by atoms with Gasteiger partial charge in [0.05, 0.1) is 35.1 Å². The Labute approximate surface area is 262 Å². The Morgan fingerprint density at radius 1 is 1.04 bits per heavy atom. The van der Waals surface area contributed by atoms with Crippen LogP contribution < -0.4 is 21.1 Å². The summed E-state index contributed by atoms with van der Waals surface area (Å²) in [6.45, 7) is 9.97. The van der Waals surface area contributed by atoms with Gasteiger partial charge >= 0.3 is 6.18 Å². The highest BCUT2D eigenvalue weighted by Gasteiger charge is 2.37. The fourth-order valence-corrected chi connectivity index (χ4v) is 5.94. The third-order valence-corrected chi connectivity index (χ3v) is 8.78. The number of rotatable bonds is 6. The van der Waals surface area contributed by atoms with E-state index in [1.54, 1.807) is 4.90 Å². The van der Waals surface area contributed by atoms with Crippen LogP contribution in [0.2, 0.25) is 0 Å². The van der Waals surface area contributed by atoms with Crippen LogP contribution in [0.4, 0.5) is 33.6 Å². The van der Waals surface area contributed by atoms with Gasteiger partial charge in [-0.05, 0) is 26.8 Å². The number of carbonyl (C=O) groups is 1. The molecule has 0 aliphatic carbocycles. The van der Waals surface area contributed by atoms with Gasteiger partial charge in [0.25, 0.3) is 11.5 Å². The minimum atomic E-state index is -5.09. The van der Waals surface area contributed by atoms with Crippen LogP contribution >= 0.6 is 0 Å². The zero-order chi connectivity index (χ0) is 33.7. The van der Waals surface area contributed by atoms with Gasteiger partial charge in [0, 0.05) is 74.5 Å². The first-order valence-electron chi connectivity index (χ1n) is 14.9. The maximum Gasteiger partial charge on any atom is 0.417 e. The third-order valence-electron chi connectivity index (χ3n) is 8.78. The van der Waals surface area contributed by atoms with Crippen molar-refractivity contribution in [3.05, 3.63) is 63.8 Å². The van der Waals surface area contributed by atoms with Gasteiger partial charge in [-0.2, -0.15) is 13.2 Å². The van der Waals surface area contributed by atoms with Crippen molar-refractivity contribution in [1.29, 1.82) is 0 Å². The summed E-state index contributed by atoms with van der Waals surface area (Å²) < 4.78 is 80.3. The minimum Gasteiger partial charge on any atom is -0.374 e. The van der Waals surface area contributed by atoms with Crippen LogP contribution in [0.3, 0.4) is 0 Å². The standard InChI is InChI=1S/C31H36F5N7O3/c1-16(2)24-15-41(6-7-46-24)30-38-10-19(11-39-30)26-22(32)9-23(42-12-17(3)40(5)18(4)13-42)28(27(26)33)43-14-20(29(37)45)21(8-25(43)44)31(34,35)36/h8-11,14,16-18,24H,6-7,12-13,15H2,1-5H3,(H2,37,45)/t17-,18+,24-/m1/s1. The number of morpholine rings is 1. The molecule has 248 valence electrons. The van der Waals surface area contributed by atoms with E-state index >= 15 is 8.78 Å². The van der Waals surface area contributed by atoms with Crippen molar-refractivity contribution in [1.82, 2.24) is 19.4 Å². The largest absolute Gasteiger partial charge is 0.417 e. The van der Waals surface area contributed by atoms with E-state index in [2.05, 4.69) is 14.9 Å². The molecule has 0 bridgehead atoms. The molecule has 2 aliphatic rings. The number of primary amides is 1. The Bertz CT molecular complexity index is 1670. The summed E-state index contributed by atoms with van der Waals surface area (Å²) >= 11 is 0. The summed E-state index contributed by atoms with van der Waals surface area (Å²) in [4.78, 5) is 39.7. The Hall–Kier alpha value is -4.11. The molecule has 10 nitrogen and oxygen atoms in total. The summed E-state index contributed by atoms with van der Waals surface area (Å²) in [6, 6.07) is 1.07. The summed E-state index contributed by atoms with van der Waals surface area (Å²) in [7, 11) is 1.90. The van der Waals surface area contributed by atoms with Gasteiger partial charge in [-0.1, -0.05) is 13.8 Å². The van der Waals surface area contributed by atoms with Crippen molar-refractivity contribution in [2.45, 2.75) is 52.1 Å². The molecule has 0 saturated carbocycles. The van der Waals surface area contributed by atoms with E-state index in [-0.39, 0.29) is 41.4 Å². The van der Waals surface area contributed by atoms with E-state index in [1.165, 1.54) is 12.4 Å². The molecule has 3 atom stereocenters. The van der Waals surface area contributed by atoms with Crippen LogP contribution in [0.25, 0.3) is 16.8 Å². The van der Waals surface area contributed by atoms with Crippen molar-refractivity contribution in [3.8, 4) is 16.8 Å². The number of alkyl halides is 3. The fourth-order valence-electron chi connectivity index (χ4n) is 5.94. The van der Waals surface area contributed by atoms with Crippen LogP contribution in [0.1, 0.15) is 43.6 Å². The van der Waals surface area contributed by atoms with E-state index in [0.29, 0.717) is 49.5 Å². The highest BCUT2D eigenvalue weighted by atomic mass is 19.4. The number of aromatic nitrogens is 3. The quantitative estimate of drug-likeness (QED) is 0.398. The molecule has 1 amide bonds. The second kappa shape index (κ2) is 12.6. The molecule has 2 N–H and O–H groups in total. The molecule has 15 heteroatoms. The number of likely N-dealkylation sites (N-methyl/N-ethyl adjacent to an activating group) is 1. The van der Waals surface area contributed by atoms with Crippen molar-refractivity contribution >= 4 is 17.5 Å². The number of anilines is 2. The SMILES string of the molecule is CC(C)[C@H]1CN(c2ncc(-c3c(F)cc(N4C[C@@H](C)N(C)[C@@H](C)C4)c(-n4cc(C(N)=O)c(C(F)(F)F)cc4=O)c3F)cn2)CCO1. The average Bonchev–Trinajstić information content (AvgIpc) is 2.99. The van der Waals surface area contributed by atoms with Crippen LogP contribution in [-0.4, -0.2) is 83.4 Å². The molecule has 0 spiro atoms. The first kappa shape index (κ1) is 33.3. The van der Waals surface area contributed by atoms with E-state index in [0.717, 1.165) is 6.07 Å². The molecule has 2 aromatic heterocycles. The number of carbonyl (C=O) groups excluding carboxylic acids is 1. The Balaban J connectivity index is 1.68. The van der Waals surface area contributed by atoms with Crippen LogP contribution in [-0.2, 0) is 10.9 Å². The molecule has 2 aliphatic heterocycles. The summed E-state index contributed by atoms with van der Waals surface area (Å²) in [5.74, 6) is -3.13. The van der Waals surface area contributed by atoms with Gasteiger partial charge in [0.1, 0.15) is 11.5 Å². The third kappa shape index (κ3) is 6.30. The van der Waals surface area contributed by atoms with Crippen molar-refractivity contribution < 1.29 is 31.5 Å². The molecule has 2 fully saturated rings. The predicted molar refractivity (Wildman–Crippen MR) is 162 cm³/mol. The summed E-state index contributed by atoms with van der Waals surface area (Å²) in [5, 5.41) is 0. The molecule has 2 saturated heterocycles. The molecular weight excluding hydrogens is 613 g/mol. The van der Waals surface area contributed by atoms with E-state index in [1.807, 2.05) is 39.6 Å². The zero-order valence-electron chi connectivity index (χ0n) is 26.1. The Kier molecular flexibility index (Phi) is 9.10. The van der Waals surface area contributed by atoms with Crippen molar-refractivity contribution in [2.24, 2.45) is 11.7 Å². The zero-order valence-corrected chi connectivity index (χ0v) is 26.1. The monoisotopic (exact) mass is 649 g/mol. The van der Waals surface area contributed by atoms with E-state index < -0.39 is 51.7 Å². The highest BCUT2D eigenvalue weighted by molar-refractivity contribution is 5.94. The van der Waals surface area contributed by atoms with Gasteiger partial charge in [0.15, 0.2) is 5.82 Å². The number of hydrogen-bond acceptors (Lipinski definition) is 8. The van der Waals surface area contributed by atoms with E-state index in [4.69, 9.17) is 10.5 Å². The normalized spacial score (nSPS) is 21.2. The van der Waals surface area contributed by atoms with Crippen LogP contribution in [0.15, 0.2) is 35.5 Å². The number of nitrogens with two attached hydrogens (primary N) is 1. The molecule has 46 heavy (non-hydrogen) atoms. The fraction of sp³-hybridized carbons (Fsp3) is 0.484. The average molecular weight is 650 g/mol. The molecule has 0 unspecified atom stereocenters. The number of benzene rings is 1. The second-order valence-electron chi connectivity index (χ2n) is 12.2. The Morgan fingerprint density at radius 3 is 2.24 bits per heavy atom. The topological polar surface area (TPSA) is 110 Å². The maximum absolute atomic E-state index is 16.8. The first-order valence-corrected chi connectivity index (χ1v) is 14.9. The summed E-state index contributed by atoms with van der Waals surface area (Å²) in [6.07, 6.45) is -2.08. The number of ether oxygens (including phenoxy) is 1. The van der Waals surface area contributed by atoms with Crippen molar-refractivity contribution in [2.75, 3.05) is 49.6 Å². The van der Waals surface area contributed by atoms with Crippen molar-refractivity contribution in [3.63, 3.8) is 0 Å². The lowest BCUT2D eigenvalue weighted by Gasteiger charge is -2.44. The molecule has 3 aromatic rings. The number of hydrogen-bond donors (Lipinski definition) is 1. The van der Waals surface area contributed by atoms with Gasteiger partial charge < -0.3 is 20.3 Å². The lowest BCUT2D eigenvalue weighted by atomic mass is 10.0. The second-order valence-corrected chi connectivity index (χ2v) is 12.2. The number of nitrogens with zero attached hydrogens (tertiary/aromatic N) is 6. The number of piperazine rings is 1. The molecule has 4 heterocycles. The van der Waals surface area contributed by atoms with Gasteiger partial charge in [-0.3, -0.25) is 19.1 Å². The molecule has 0 radical (unpaired) electrons. The summed E-state index contributed by atoms with van der Waals surface area (Å²) in [5.41, 5.74) is 0.135. The number of amides is 1. The van der Waals surface area contributed by atoms with Gasteiger partial charge in [0.2, 0.25) is 5.95 Å². The number of pyridine rings is 1. The first-order chi connectivity index (χ1) is 21.6. The minimum absolute atomic E-state index is 0.0469. The molecule has 1 aromatic carbocycles. The van der Waals surface area contributed by atoms with E-state index in [9.17, 15) is 22.8 Å². The predicted octanol–water partition coefficient (Wildman–Crippen LogP) is 4.08. The number of halogens is 5. The van der Waals surface area contributed by atoms with Crippen LogP contribution in [0.5, 0.6) is 0 Å². The molecular formula is C31H36F5N7O3. The van der Waals surface area contributed by atoms with Gasteiger partial charge in [-0.25, -0.2) is 18.7 Å². The lowest BCUT2D eigenvalue weighted by Crippen LogP contribution is -2.55. The smallest absolute Gasteiger partial charge is 0.374 e. The highest BCUT2D eigenvalue weighted by Crippen LogP contribution is 2.38. The molecule has 5 rings (SSSR count). The Morgan fingerprint density at radius 2 is 1.67 bits per heavy atom. The van der Waals surface area contributed by atoms with Gasteiger partial charge in [-0.15, -0.1) is 0 Å². The lowest BCUT2D eigenvalue weighted by molar-refractivity contribution is -0.138. The van der Waals surface area contributed by atoms with Crippen LogP contribution in [0, 0.1) is 17.6 Å². The maximum atomic E-state index is 16.8.